The fourth-order valence-corrected chi connectivity index (χ4v) is 3.63. The molecule has 3 rings (SSSR count). The van der Waals surface area contributed by atoms with Crippen molar-refractivity contribution in [2.24, 2.45) is 16.1 Å². The lowest BCUT2D eigenvalue weighted by molar-refractivity contribution is -0.121. The Bertz CT molecular complexity index is 658. The van der Waals surface area contributed by atoms with Gasteiger partial charge >= 0.3 is 0 Å². The second-order valence-electron chi connectivity index (χ2n) is 7.42. The van der Waals surface area contributed by atoms with E-state index in [0.717, 1.165) is 32.6 Å². The van der Waals surface area contributed by atoms with Gasteiger partial charge < -0.3 is 5.32 Å². The number of terminal acetylenes is 1. The van der Waals surface area contributed by atoms with Crippen molar-refractivity contribution < 1.29 is 4.79 Å². The Hall–Kier alpha value is -2.19. The number of carbonyl (C=O) groups excluding carboxylic acids is 1. The van der Waals surface area contributed by atoms with Crippen LogP contribution in [-0.4, -0.2) is 36.1 Å². The van der Waals surface area contributed by atoms with Crippen molar-refractivity contribution in [3.63, 3.8) is 0 Å². The van der Waals surface area contributed by atoms with Crippen molar-refractivity contribution in [2.45, 2.75) is 50.7 Å². The van der Waals surface area contributed by atoms with Gasteiger partial charge in [0.15, 0.2) is 5.66 Å². The van der Waals surface area contributed by atoms with Gasteiger partial charge in [-0.1, -0.05) is 30.3 Å². The molecule has 138 valence electrons. The standard InChI is InChI=1S/C21H28N4O/c1-2-3-12-21(23-24-21)13-11-20(26)22-15-19-10-7-14-25(17-19)16-18-8-5-4-6-9-18/h1,4-6,8-9,19H,3,7,10-17H2,(H,22,26)/t19-/m1/s1. The van der Waals surface area contributed by atoms with Gasteiger partial charge in [-0.3, -0.25) is 9.69 Å². The first-order valence-electron chi connectivity index (χ1n) is 9.60. The molecule has 2 aliphatic heterocycles. The smallest absolute Gasteiger partial charge is 0.220 e. The van der Waals surface area contributed by atoms with E-state index in [1.807, 2.05) is 0 Å². The Balaban J connectivity index is 1.35. The summed E-state index contributed by atoms with van der Waals surface area (Å²) in [5.74, 6) is 3.25. The number of nitrogens with one attached hydrogen (secondary N) is 1. The van der Waals surface area contributed by atoms with Crippen molar-refractivity contribution in [1.29, 1.82) is 0 Å². The number of amides is 1. The molecule has 0 spiro atoms. The van der Waals surface area contributed by atoms with Gasteiger partial charge in [0.2, 0.25) is 5.91 Å². The zero-order valence-corrected chi connectivity index (χ0v) is 15.4. The van der Waals surface area contributed by atoms with Crippen molar-refractivity contribution in [1.82, 2.24) is 10.2 Å². The SMILES string of the molecule is C#CCCC1(CCC(=O)NC[C@H]2CCCN(Cc3ccccc3)C2)N=N1. The van der Waals surface area contributed by atoms with Gasteiger partial charge in [0.25, 0.3) is 0 Å². The van der Waals surface area contributed by atoms with Gasteiger partial charge in [-0.05, 0) is 30.9 Å². The number of benzene rings is 1. The molecule has 1 aromatic rings. The van der Waals surface area contributed by atoms with E-state index in [-0.39, 0.29) is 11.6 Å². The summed E-state index contributed by atoms with van der Waals surface area (Å²) in [6.45, 7) is 3.94. The molecule has 1 aromatic carbocycles. The predicted molar refractivity (Wildman–Crippen MR) is 102 cm³/mol. The van der Waals surface area contributed by atoms with Crippen LogP contribution >= 0.6 is 0 Å². The number of nitrogens with zero attached hydrogens (tertiary/aromatic N) is 3. The first-order valence-corrected chi connectivity index (χ1v) is 9.60. The quantitative estimate of drug-likeness (QED) is 0.693. The Morgan fingerprint density at radius 2 is 2.12 bits per heavy atom. The molecule has 26 heavy (non-hydrogen) atoms. The minimum absolute atomic E-state index is 0.0996. The summed E-state index contributed by atoms with van der Waals surface area (Å²) in [7, 11) is 0. The lowest BCUT2D eigenvalue weighted by atomic mass is 9.97. The second kappa shape index (κ2) is 8.95. The van der Waals surface area contributed by atoms with Crippen LogP contribution in [0.2, 0.25) is 0 Å². The molecular weight excluding hydrogens is 324 g/mol. The first kappa shape index (κ1) is 18.6. The second-order valence-corrected chi connectivity index (χ2v) is 7.42. The number of rotatable bonds is 9. The minimum atomic E-state index is -0.360. The van der Waals surface area contributed by atoms with E-state index in [4.69, 9.17) is 6.42 Å². The molecule has 0 saturated carbocycles. The Labute approximate surface area is 156 Å². The highest BCUT2D eigenvalue weighted by atomic mass is 16.1. The third kappa shape index (κ3) is 5.67. The lowest BCUT2D eigenvalue weighted by Crippen LogP contribution is -2.40. The fraction of sp³-hybridized carbons (Fsp3) is 0.571. The first-order chi connectivity index (χ1) is 12.7. The molecule has 0 radical (unpaired) electrons. The van der Waals surface area contributed by atoms with Gasteiger partial charge in [0.1, 0.15) is 0 Å². The third-order valence-electron chi connectivity index (χ3n) is 5.25. The monoisotopic (exact) mass is 352 g/mol. The van der Waals surface area contributed by atoms with Crippen LogP contribution in [0, 0.1) is 18.3 Å². The third-order valence-corrected chi connectivity index (χ3v) is 5.25. The highest BCUT2D eigenvalue weighted by Crippen LogP contribution is 2.37. The molecule has 0 bridgehead atoms. The summed E-state index contributed by atoms with van der Waals surface area (Å²) in [4.78, 5) is 14.7. The molecule has 2 aliphatic rings. The minimum Gasteiger partial charge on any atom is -0.356 e. The zero-order chi connectivity index (χ0) is 18.2. The highest BCUT2D eigenvalue weighted by molar-refractivity contribution is 5.76. The van der Waals surface area contributed by atoms with Gasteiger partial charge in [-0.25, -0.2) is 0 Å². The van der Waals surface area contributed by atoms with Crippen molar-refractivity contribution in [3.05, 3.63) is 35.9 Å². The normalized spacial score (nSPS) is 21.1. The molecule has 1 atom stereocenters. The predicted octanol–water partition coefficient (Wildman–Crippen LogP) is 3.37. The molecule has 1 N–H and O–H groups in total. The number of hydrogen-bond donors (Lipinski definition) is 1. The van der Waals surface area contributed by atoms with Crippen molar-refractivity contribution >= 4 is 5.91 Å². The Morgan fingerprint density at radius 1 is 1.31 bits per heavy atom. The molecule has 0 unspecified atom stereocenters. The molecule has 1 fully saturated rings. The maximum atomic E-state index is 12.2. The number of piperidine rings is 1. The van der Waals surface area contributed by atoms with E-state index in [9.17, 15) is 4.79 Å². The zero-order valence-electron chi connectivity index (χ0n) is 15.4. The molecule has 5 heteroatoms. The van der Waals surface area contributed by atoms with Crippen LogP contribution in [0.4, 0.5) is 0 Å². The summed E-state index contributed by atoms with van der Waals surface area (Å²) in [5, 5.41) is 11.3. The number of likely N-dealkylation sites (tertiary alicyclic amines) is 1. The summed E-state index contributed by atoms with van der Waals surface area (Å²) in [6.07, 6.45) is 10.2. The Morgan fingerprint density at radius 3 is 2.85 bits per heavy atom. The van der Waals surface area contributed by atoms with Gasteiger partial charge in [-0.2, -0.15) is 10.2 Å². The summed E-state index contributed by atoms with van der Waals surface area (Å²) >= 11 is 0. The van der Waals surface area contributed by atoms with E-state index < -0.39 is 0 Å². The molecule has 0 aliphatic carbocycles. The van der Waals surface area contributed by atoms with E-state index in [2.05, 4.69) is 56.7 Å². The van der Waals surface area contributed by atoms with E-state index in [1.54, 1.807) is 0 Å². The summed E-state index contributed by atoms with van der Waals surface area (Å²) in [5.41, 5.74) is 0.993. The van der Waals surface area contributed by atoms with Crippen LogP contribution in [-0.2, 0) is 11.3 Å². The molecule has 1 saturated heterocycles. The number of hydrogen-bond acceptors (Lipinski definition) is 4. The van der Waals surface area contributed by atoms with E-state index >= 15 is 0 Å². The topological polar surface area (TPSA) is 57.1 Å². The van der Waals surface area contributed by atoms with E-state index in [0.29, 0.717) is 25.2 Å². The highest BCUT2D eigenvalue weighted by Gasteiger charge is 2.39. The van der Waals surface area contributed by atoms with Crippen molar-refractivity contribution in [2.75, 3.05) is 19.6 Å². The number of carbonyl (C=O) groups is 1. The Kier molecular flexibility index (Phi) is 6.40. The molecule has 1 amide bonds. The largest absolute Gasteiger partial charge is 0.356 e. The van der Waals surface area contributed by atoms with Crippen LogP contribution < -0.4 is 5.32 Å². The van der Waals surface area contributed by atoms with E-state index in [1.165, 1.54) is 18.4 Å². The van der Waals surface area contributed by atoms with Crippen LogP contribution in [0.5, 0.6) is 0 Å². The molecule has 5 nitrogen and oxygen atoms in total. The maximum Gasteiger partial charge on any atom is 0.220 e. The van der Waals surface area contributed by atoms with Crippen LogP contribution in [0.25, 0.3) is 0 Å². The summed E-state index contributed by atoms with van der Waals surface area (Å²) < 4.78 is 0. The van der Waals surface area contributed by atoms with Gasteiger partial charge in [0, 0.05) is 45.3 Å². The van der Waals surface area contributed by atoms with Crippen LogP contribution in [0.15, 0.2) is 40.6 Å². The fourth-order valence-electron chi connectivity index (χ4n) is 3.63. The summed E-state index contributed by atoms with van der Waals surface area (Å²) in [6, 6.07) is 10.6. The van der Waals surface area contributed by atoms with Crippen LogP contribution in [0.1, 0.15) is 44.1 Å². The average molecular weight is 352 g/mol. The molecule has 2 heterocycles. The maximum absolute atomic E-state index is 12.2. The van der Waals surface area contributed by atoms with Gasteiger partial charge in [-0.15, -0.1) is 12.3 Å². The lowest BCUT2D eigenvalue weighted by Gasteiger charge is -2.32. The molecular formula is C21H28N4O. The molecule has 0 aromatic heterocycles. The van der Waals surface area contributed by atoms with Crippen LogP contribution in [0.3, 0.4) is 0 Å². The average Bonchev–Trinajstić information content (AvgIpc) is 3.45. The van der Waals surface area contributed by atoms with Gasteiger partial charge in [0.05, 0.1) is 0 Å². The van der Waals surface area contributed by atoms with Crippen molar-refractivity contribution in [3.8, 4) is 12.3 Å².